The maximum atomic E-state index is 11.3. The topological polar surface area (TPSA) is 52.6 Å². The molecule has 0 bridgehead atoms. The zero-order valence-electron chi connectivity index (χ0n) is 13.4. The molecule has 0 saturated carbocycles. The molecule has 122 valence electrons. The minimum atomic E-state index is -0.648. The van der Waals surface area contributed by atoms with Crippen LogP contribution in [0.4, 0.5) is 0 Å². The van der Waals surface area contributed by atoms with Crippen molar-refractivity contribution in [3.05, 3.63) is 29.8 Å². The van der Waals surface area contributed by atoms with Crippen LogP contribution in [0.25, 0.3) is 0 Å². The number of ether oxygens (including phenoxy) is 2. The van der Waals surface area contributed by atoms with Crippen molar-refractivity contribution in [1.29, 1.82) is 0 Å². The number of hydrogen-bond acceptors (Lipinski definition) is 4. The van der Waals surface area contributed by atoms with Crippen LogP contribution >= 0.6 is 0 Å². The molecule has 1 aromatic rings. The van der Waals surface area contributed by atoms with Gasteiger partial charge < -0.3 is 9.47 Å². The molecule has 0 aliphatic carbocycles. The SMILES string of the molecule is CCCCCCCCCCOc1ccc(C(=O)OC=O)cc1. The van der Waals surface area contributed by atoms with E-state index in [0.29, 0.717) is 12.2 Å². The first-order chi connectivity index (χ1) is 10.8. The van der Waals surface area contributed by atoms with E-state index in [1.807, 2.05) is 0 Å². The Bertz CT molecular complexity index is 425. The van der Waals surface area contributed by atoms with Crippen molar-refractivity contribution in [2.24, 2.45) is 0 Å². The molecular weight excluding hydrogens is 280 g/mol. The Balaban J connectivity index is 2.10. The summed E-state index contributed by atoms with van der Waals surface area (Å²) in [6, 6.07) is 6.61. The summed E-state index contributed by atoms with van der Waals surface area (Å²) in [5.41, 5.74) is 0.339. The van der Waals surface area contributed by atoms with Gasteiger partial charge >= 0.3 is 12.4 Å². The third-order valence-corrected chi connectivity index (χ3v) is 3.51. The molecule has 0 aliphatic rings. The van der Waals surface area contributed by atoms with Gasteiger partial charge in [0.15, 0.2) is 0 Å². The molecule has 0 aromatic heterocycles. The summed E-state index contributed by atoms with van der Waals surface area (Å²) in [5.74, 6) is 0.0789. The monoisotopic (exact) mass is 306 g/mol. The number of carbonyl (C=O) groups excluding carboxylic acids is 2. The van der Waals surface area contributed by atoms with Crippen LogP contribution in [0.2, 0.25) is 0 Å². The molecule has 0 radical (unpaired) electrons. The summed E-state index contributed by atoms with van der Waals surface area (Å²) in [6.45, 7) is 3.05. The number of hydrogen-bond donors (Lipinski definition) is 0. The van der Waals surface area contributed by atoms with Crippen molar-refractivity contribution < 1.29 is 19.1 Å². The third kappa shape index (κ3) is 7.81. The lowest BCUT2D eigenvalue weighted by Gasteiger charge is -2.06. The highest BCUT2D eigenvalue weighted by Crippen LogP contribution is 2.14. The largest absolute Gasteiger partial charge is 0.494 e. The second-order valence-electron chi connectivity index (χ2n) is 5.35. The van der Waals surface area contributed by atoms with Gasteiger partial charge in [0.2, 0.25) is 0 Å². The van der Waals surface area contributed by atoms with Gasteiger partial charge in [0, 0.05) is 0 Å². The average Bonchev–Trinajstić information content (AvgIpc) is 2.54. The quantitative estimate of drug-likeness (QED) is 0.246. The lowest BCUT2D eigenvalue weighted by atomic mass is 10.1. The van der Waals surface area contributed by atoms with E-state index in [1.54, 1.807) is 24.3 Å². The number of esters is 1. The molecule has 4 heteroatoms. The molecule has 0 atom stereocenters. The Labute approximate surface area is 132 Å². The minimum Gasteiger partial charge on any atom is -0.494 e. The fourth-order valence-electron chi connectivity index (χ4n) is 2.22. The zero-order chi connectivity index (χ0) is 16.0. The van der Waals surface area contributed by atoms with Crippen LogP contribution in [0.1, 0.15) is 68.6 Å². The molecular formula is C18H26O4. The van der Waals surface area contributed by atoms with Crippen molar-refractivity contribution in [3.63, 3.8) is 0 Å². The first-order valence-corrected chi connectivity index (χ1v) is 8.15. The first-order valence-electron chi connectivity index (χ1n) is 8.15. The normalized spacial score (nSPS) is 10.2. The van der Waals surface area contributed by atoms with Crippen LogP contribution in [-0.2, 0) is 9.53 Å². The second kappa shape index (κ2) is 11.8. The van der Waals surface area contributed by atoms with E-state index in [2.05, 4.69) is 11.7 Å². The highest BCUT2D eigenvalue weighted by Gasteiger charge is 2.06. The fraction of sp³-hybridized carbons (Fsp3) is 0.556. The number of unbranched alkanes of at least 4 members (excludes halogenated alkanes) is 7. The van der Waals surface area contributed by atoms with Gasteiger partial charge in [0.05, 0.1) is 12.2 Å². The molecule has 4 nitrogen and oxygen atoms in total. The molecule has 0 heterocycles. The maximum absolute atomic E-state index is 11.3. The van der Waals surface area contributed by atoms with E-state index in [0.717, 1.165) is 12.2 Å². The predicted molar refractivity (Wildman–Crippen MR) is 86.0 cm³/mol. The van der Waals surface area contributed by atoms with E-state index in [-0.39, 0.29) is 6.47 Å². The van der Waals surface area contributed by atoms with Crippen LogP contribution in [0.3, 0.4) is 0 Å². The summed E-state index contributed by atoms with van der Waals surface area (Å²) < 4.78 is 9.89. The zero-order valence-corrected chi connectivity index (χ0v) is 13.4. The lowest BCUT2D eigenvalue weighted by Crippen LogP contribution is -2.03. The molecule has 0 saturated heterocycles. The van der Waals surface area contributed by atoms with Crippen molar-refractivity contribution >= 4 is 12.4 Å². The van der Waals surface area contributed by atoms with Crippen molar-refractivity contribution in [2.75, 3.05) is 6.61 Å². The van der Waals surface area contributed by atoms with Gasteiger partial charge in [-0.25, -0.2) is 4.79 Å². The number of rotatable bonds is 12. The maximum Gasteiger partial charge on any atom is 0.345 e. The van der Waals surface area contributed by atoms with E-state index < -0.39 is 5.97 Å². The Morgan fingerprint density at radius 1 is 0.955 bits per heavy atom. The van der Waals surface area contributed by atoms with E-state index in [1.165, 1.54) is 44.9 Å². The Morgan fingerprint density at radius 3 is 2.14 bits per heavy atom. The van der Waals surface area contributed by atoms with Gasteiger partial charge in [-0.3, -0.25) is 4.79 Å². The van der Waals surface area contributed by atoms with Gasteiger partial charge in [0.1, 0.15) is 5.75 Å². The average molecular weight is 306 g/mol. The molecule has 22 heavy (non-hydrogen) atoms. The highest BCUT2D eigenvalue weighted by atomic mass is 16.6. The third-order valence-electron chi connectivity index (χ3n) is 3.51. The van der Waals surface area contributed by atoms with E-state index in [9.17, 15) is 9.59 Å². The van der Waals surface area contributed by atoms with Gasteiger partial charge in [-0.05, 0) is 30.7 Å². The van der Waals surface area contributed by atoms with E-state index >= 15 is 0 Å². The molecule has 0 fully saturated rings. The first kappa shape index (κ1) is 18.2. The summed E-state index contributed by atoms with van der Waals surface area (Å²) in [5, 5.41) is 0. The molecule has 0 spiro atoms. The Morgan fingerprint density at radius 2 is 1.55 bits per heavy atom. The molecule has 1 aromatic carbocycles. The Kier molecular flexibility index (Phi) is 9.75. The van der Waals surface area contributed by atoms with Crippen molar-refractivity contribution in [3.8, 4) is 5.75 Å². The van der Waals surface area contributed by atoms with Crippen LogP contribution in [0.15, 0.2) is 24.3 Å². The minimum absolute atomic E-state index is 0.134. The van der Waals surface area contributed by atoms with Gasteiger partial charge in [0.25, 0.3) is 0 Å². The molecule has 1 rings (SSSR count). The highest BCUT2D eigenvalue weighted by molar-refractivity contribution is 5.93. The van der Waals surface area contributed by atoms with Crippen LogP contribution < -0.4 is 4.74 Å². The predicted octanol–water partition coefficient (Wildman–Crippen LogP) is 4.52. The number of benzene rings is 1. The van der Waals surface area contributed by atoms with Gasteiger partial charge in [-0.1, -0.05) is 51.9 Å². The standard InChI is InChI=1S/C18H26O4/c1-2-3-4-5-6-7-8-9-14-21-17-12-10-16(11-13-17)18(20)22-15-19/h10-13,15H,2-9,14H2,1H3. The van der Waals surface area contributed by atoms with Crippen molar-refractivity contribution in [2.45, 2.75) is 58.3 Å². The lowest BCUT2D eigenvalue weighted by molar-refractivity contribution is -0.123. The summed E-state index contributed by atoms with van der Waals surface area (Å²) in [6.07, 6.45) is 10.1. The molecule has 0 unspecified atom stereocenters. The van der Waals surface area contributed by atoms with Gasteiger partial charge in [-0.15, -0.1) is 0 Å². The molecule has 0 amide bonds. The molecule has 0 N–H and O–H groups in total. The van der Waals surface area contributed by atoms with Crippen molar-refractivity contribution in [1.82, 2.24) is 0 Å². The van der Waals surface area contributed by atoms with Crippen LogP contribution in [-0.4, -0.2) is 19.0 Å². The van der Waals surface area contributed by atoms with E-state index in [4.69, 9.17) is 4.74 Å². The smallest absolute Gasteiger partial charge is 0.345 e. The second-order valence-corrected chi connectivity index (χ2v) is 5.35. The van der Waals surface area contributed by atoms with Gasteiger partial charge in [-0.2, -0.15) is 0 Å². The number of carbonyl (C=O) groups is 2. The summed E-state index contributed by atoms with van der Waals surface area (Å²) >= 11 is 0. The van der Waals surface area contributed by atoms with Crippen LogP contribution in [0, 0.1) is 0 Å². The summed E-state index contributed by atoms with van der Waals surface area (Å²) in [4.78, 5) is 21.4. The fourth-order valence-corrected chi connectivity index (χ4v) is 2.22. The molecule has 0 aliphatic heterocycles. The Hall–Kier alpha value is -1.84. The summed E-state index contributed by atoms with van der Waals surface area (Å²) in [7, 11) is 0. The van der Waals surface area contributed by atoms with Crippen LogP contribution in [0.5, 0.6) is 5.75 Å².